The summed E-state index contributed by atoms with van der Waals surface area (Å²) in [4.78, 5) is 2.47. The van der Waals surface area contributed by atoms with Crippen LogP contribution in [-0.2, 0) is 0 Å². The van der Waals surface area contributed by atoms with Gasteiger partial charge in [0.25, 0.3) is 0 Å². The van der Waals surface area contributed by atoms with E-state index in [1.807, 2.05) is 0 Å². The predicted molar refractivity (Wildman–Crippen MR) is 63.6 cm³/mol. The van der Waals surface area contributed by atoms with Crippen molar-refractivity contribution in [1.82, 2.24) is 4.90 Å². The normalized spacial score (nSPS) is 27.1. The summed E-state index contributed by atoms with van der Waals surface area (Å²) in [6, 6.07) is 0. The van der Waals surface area contributed by atoms with Crippen molar-refractivity contribution in [1.29, 1.82) is 0 Å². The first-order valence-electron chi connectivity index (χ1n) is 6.13. The third-order valence-corrected chi connectivity index (χ3v) is 3.12. The molecule has 0 aromatic heterocycles. The van der Waals surface area contributed by atoms with E-state index in [9.17, 15) is 0 Å². The van der Waals surface area contributed by atoms with Crippen LogP contribution < -0.4 is 0 Å². The molecule has 0 bridgehead atoms. The molecule has 0 aromatic rings. The summed E-state index contributed by atoms with van der Waals surface area (Å²) >= 11 is 0. The van der Waals surface area contributed by atoms with Crippen LogP contribution in [0.4, 0.5) is 0 Å². The zero-order chi connectivity index (χ0) is 10.2. The van der Waals surface area contributed by atoms with Crippen LogP contribution >= 0.6 is 0 Å². The molecule has 1 nitrogen and oxygen atoms in total. The van der Waals surface area contributed by atoms with Gasteiger partial charge in [-0.05, 0) is 46.2 Å². The van der Waals surface area contributed by atoms with Crippen molar-refractivity contribution in [2.75, 3.05) is 20.1 Å². The fourth-order valence-electron chi connectivity index (χ4n) is 1.99. The molecule has 0 N–H and O–H groups in total. The van der Waals surface area contributed by atoms with Crippen molar-refractivity contribution in [3.8, 4) is 0 Å². The Morgan fingerprint density at radius 2 is 1.71 bits per heavy atom. The predicted octanol–water partition coefficient (Wildman–Crippen LogP) is 3.61. The molecule has 0 aromatic carbocycles. The molecule has 0 atom stereocenters. The summed E-state index contributed by atoms with van der Waals surface area (Å²) < 4.78 is 0. The smallest absolute Gasteiger partial charge is 0.00154 e. The van der Waals surface area contributed by atoms with Gasteiger partial charge in [-0.15, -0.1) is 0 Å². The van der Waals surface area contributed by atoms with E-state index in [0.29, 0.717) is 0 Å². The number of allylic oxidation sites excluding steroid dienone is 1. The minimum absolute atomic E-state index is 1.24. The van der Waals surface area contributed by atoms with Crippen molar-refractivity contribution in [2.45, 2.75) is 51.9 Å². The maximum atomic E-state index is 2.47. The van der Waals surface area contributed by atoms with E-state index >= 15 is 0 Å². The van der Waals surface area contributed by atoms with Gasteiger partial charge in [0.15, 0.2) is 0 Å². The van der Waals surface area contributed by atoms with Crippen molar-refractivity contribution in [2.24, 2.45) is 0 Å². The molecule has 0 aliphatic carbocycles. The Balaban J connectivity index is 2.33. The Hall–Kier alpha value is -0.300. The van der Waals surface area contributed by atoms with Gasteiger partial charge in [0.2, 0.25) is 0 Å². The highest BCUT2D eigenvalue weighted by Crippen LogP contribution is 2.11. The molecular formula is C13H25N. The van der Waals surface area contributed by atoms with Crippen molar-refractivity contribution in [3.05, 3.63) is 11.6 Å². The van der Waals surface area contributed by atoms with Crippen LogP contribution in [0.25, 0.3) is 0 Å². The molecule has 1 aliphatic rings. The molecule has 82 valence electrons. The van der Waals surface area contributed by atoms with Crippen LogP contribution in [0.5, 0.6) is 0 Å². The largest absolute Gasteiger partial charge is 0.306 e. The quantitative estimate of drug-likeness (QED) is 0.534. The first kappa shape index (κ1) is 11.8. The molecule has 1 heterocycles. The monoisotopic (exact) mass is 195 g/mol. The Bertz CT molecular complexity index is 172. The summed E-state index contributed by atoms with van der Waals surface area (Å²) in [5.41, 5.74) is 1.58. The number of nitrogens with zero attached hydrogens (tertiary/aromatic N) is 1. The van der Waals surface area contributed by atoms with Gasteiger partial charge in [-0.25, -0.2) is 0 Å². The molecule has 1 rings (SSSR count). The highest BCUT2D eigenvalue weighted by molar-refractivity contribution is 4.98. The Morgan fingerprint density at radius 1 is 1.00 bits per heavy atom. The first-order valence-corrected chi connectivity index (χ1v) is 6.13. The fourth-order valence-corrected chi connectivity index (χ4v) is 1.99. The summed E-state index contributed by atoms with van der Waals surface area (Å²) in [5, 5.41) is 0. The van der Waals surface area contributed by atoms with Gasteiger partial charge >= 0.3 is 0 Å². The molecule has 0 amide bonds. The van der Waals surface area contributed by atoms with Crippen LogP contribution in [0.3, 0.4) is 0 Å². The van der Waals surface area contributed by atoms with Crippen molar-refractivity contribution in [3.63, 3.8) is 0 Å². The van der Waals surface area contributed by atoms with Crippen LogP contribution in [0, 0.1) is 0 Å². The number of hydrogen-bond donors (Lipinski definition) is 0. The Labute approximate surface area is 89.2 Å². The van der Waals surface area contributed by atoms with Gasteiger partial charge < -0.3 is 4.90 Å². The average Bonchev–Trinajstić information content (AvgIpc) is 2.17. The lowest BCUT2D eigenvalue weighted by Gasteiger charge is -2.17. The lowest BCUT2D eigenvalue weighted by atomic mass is 10.1. The Kier molecular flexibility index (Phi) is 5.93. The van der Waals surface area contributed by atoms with E-state index in [1.165, 1.54) is 58.0 Å². The maximum absolute atomic E-state index is 2.47. The zero-order valence-electron chi connectivity index (χ0n) is 9.89. The summed E-state index contributed by atoms with van der Waals surface area (Å²) in [5.74, 6) is 0. The van der Waals surface area contributed by atoms with Crippen LogP contribution in [0.1, 0.15) is 51.9 Å². The third kappa shape index (κ3) is 5.43. The van der Waals surface area contributed by atoms with Gasteiger partial charge in [0.1, 0.15) is 0 Å². The number of rotatable bonds is 0. The van der Waals surface area contributed by atoms with Gasteiger partial charge in [0.05, 0.1) is 0 Å². The second kappa shape index (κ2) is 7.05. The summed E-state index contributed by atoms with van der Waals surface area (Å²) in [6.07, 6.45) is 12.1. The zero-order valence-corrected chi connectivity index (χ0v) is 9.89. The van der Waals surface area contributed by atoms with Crippen LogP contribution in [-0.4, -0.2) is 25.0 Å². The molecule has 0 saturated carbocycles. The van der Waals surface area contributed by atoms with E-state index in [-0.39, 0.29) is 0 Å². The molecule has 1 heteroatoms. The van der Waals surface area contributed by atoms with Gasteiger partial charge in [-0.1, -0.05) is 30.9 Å². The second-order valence-electron chi connectivity index (χ2n) is 4.66. The molecule has 14 heavy (non-hydrogen) atoms. The van der Waals surface area contributed by atoms with E-state index in [4.69, 9.17) is 0 Å². The molecule has 0 saturated heterocycles. The van der Waals surface area contributed by atoms with Gasteiger partial charge in [-0.3, -0.25) is 0 Å². The minimum Gasteiger partial charge on any atom is -0.306 e. The highest BCUT2D eigenvalue weighted by Gasteiger charge is 2.00. The van der Waals surface area contributed by atoms with Crippen molar-refractivity contribution < 1.29 is 0 Å². The van der Waals surface area contributed by atoms with Gasteiger partial charge in [-0.2, -0.15) is 0 Å². The topological polar surface area (TPSA) is 3.24 Å². The highest BCUT2D eigenvalue weighted by atomic mass is 15.1. The van der Waals surface area contributed by atoms with Crippen LogP contribution in [0.15, 0.2) is 11.6 Å². The average molecular weight is 195 g/mol. The Morgan fingerprint density at radius 3 is 2.57 bits per heavy atom. The van der Waals surface area contributed by atoms with E-state index in [1.54, 1.807) is 5.57 Å². The molecule has 0 fully saturated rings. The molecule has 0 spiro atoms. The maximum Gasteiger partial charge on any atom is 0.00154 e. The molecule has 0 radical (unpaired) electrons. The summed E-state index contributed by atoms with van der Waals surface area (Å²) in [6.45, 7) is 4.80. The molecule has 0 unspecified atom stereocenters. The molecule has 1 aliphatic heterocycles. The molecular weight excluding hydrogens is 170 g/mol. The standard InChI is InChI=1S/C13H25N/c1-13-9-7-5-3-4-6-8-11-14(2)12-10-13/h9H,3-8,10-12H2,1-2H3/b13-9-. The van der Waals surface area contributed by atoms with Crippen molar-refractivity contribution >= 4 is 0 Å². The number of hydrogen-bond acceptors (Lipinski definition) is 1. The first-order chi connectivity index (χ1) is 6.79. The van der Waals surface area contributed by atoms with E-state index < -0.39 is 0 Å². The van der Waals surface area contributed by atoms with E-state index in [0.717, 1.165) is 0 Å². The SMILES string of the molecule is C/C1=C/CCCCCCCN(C)CC1. The lowest BCUT2D eigenvalue weighted by molar-refractivity contribution is 0.326. The minimum atomic E-state index is 1.24. The lowest BCUT2D eigenvalue weighted by Crippen LogP contribution is -2.21. The second-order valence-corrected chi connectivity index (χ2v) is 4.66. The van der Waals surface area contributed by atoms with Gasteiger partial charge in [0, 0.05) is 6.54 Å². The third-order valence-electron chi connectivity index (χ3n) is 3.12. The summed E-state index contributed by atoms with van der Waals surface area (Å²) in [7, 11) is 2.25. The fraction of sp³-hybridized carbons (Fsp3) is 0.846. The van der Waals surface area contributed by atoms with E-state index in [2.05, 4.69) is 24.9 Å². The van der Waals surface area contributed by atoms with Crippen LogP contribution in [0.2, 0.25) is 0 Å².